The molecule has 0 atom stereocenters. The molecule has 0 bridgehead atoms. The Hall–Kier alpha value is -0.830. The number of rotatable bonds is 20. The van der Waals surface area contributed by atoms with Gasteiger partial charge in [0.2, 0.25) is 5.91 Å². The first-order chi connectivity index (χ1) is 12.3. The maximum absolute atomic E-state index is 10.6. The minimum Gasteiger partial charge on any atom is -0.396 e. The van der Waals surface area contributed by atoms with E-state index < -0.39 is 0 Å². The van der Waals surface area contributed by atoms with Crippen molar-refractivity contribution in [3.05, 3.63) is 12.2 Å². The number of primary amides is 1. The minimum atomic E-state index is -0.164. The first kappa shape index (κ1) is 24.2. The molecule has 0 radical (unpaired) electrons. The normalized spacial score (nSPS) is 11.4. The standard InChI is InChI=1S/C22H43NO2/c23-22(25)20-18-16-14-12-10-8-6-4-2-1-3-5-7-9-11-13-15-17-19-21-24/h3,5,24H,1-2,4,6-21H2,(H2,23,25). The van der Waals surface area contributed by atoms with Gasteiger partial charge in [-0.05, 0) is 38.5 Å². The fourth-order valence-corrected chi connectivity index (χ4v) is 3.12. The number of unbranched alkanes of at least 4 members (excludes halogenated alkanes) is 15. The quantitative estimate of drug-likeness (QED) is 0.207. The fourth-order valence-electron chi connectivity index (χ4n) is 3.12. The molecule has 25 heavy (non-hydrogen) atoms. The van der Waals surface area contributed by atoms with Gasteiger partial charge >= 0.3 is 0 Å². The molecule has 0 aromatic heterocycles. The third kappa shape index (κ3) is 23.2. The van der Waals surface area contributed by atoms with Crippen molar-refractivity contribution in [1.29, 1.82) is 0 Å². The van der Waals surface area contributed by atoms with Crippen molar-refractivity contribution in [1.82, 2.24) is 0 Å². The molecular formula is C22H43NO2. The molecule has 148 valence electrons. The van der Waals surface area contributed by atoms with Crippen LogP contribution < -0.4 is 5.73 Å². The van der Waals surface area contributed by atoms with Gasteiger partial charge in [-0.2, -0.15) is 0 Å². The molecule has 0 saturated heterocycles. The topological polar surface area (TPSA) is 63.3 Å². The Balaban J connectivity index is 3.07. The van der Waals surface area contributed by atoms with Crippen LogP contribution in [-0.4, -0.2) is 17.6 Å². The Labute approximate surface area is 156 Å². The lowest BCUT2D eigenvalue weighted by atomic mass is 10.1. The van der Waals surface area contributed by atoms with Crippen LogP contribution in [0.5, 0.6) is 0 Å². The van der Waals surface area contributed by atoms with Crippen LogP contribution in [-0.2, 0) is 4.79 Å². The molecule has 0 aromatic rings. The van der Waals surface area contributed by atoms with Crippen LogP contribution in [0, 0.1) is 0 Å². The molecule has 1 amide bonds. The third-order valence-corrected chi connectivity index (χ3v) is 4.74. The average molecular weight is 354 g/mol. The Kier molecular flexibility index (Phi) is 20.5. The van der Waals surface area contributed by atoms with E-state index in [1.54, 1.807) is 0 Å². The second-order valence-corrected chi connectivity index (χ2v) is 7.29. The molecule has 0 spiro atoms. The number of amides is 1. The Bertz CT molecular complexity index is 302. The summed E-state index contributed by atoms with van der Waals surface area (Å²) in [6, 6.07) is 0. The van der Waals surface area contributed by atoms with E-state index in [0.29, 0.717) is 13.0 Å². The highest BCUT2D eigenvalue weighted by atomic mass is 16.2. The Morgan fingerprint density at radius 2 is 0.960 bits per heavy atom. The summed E-state index contributed by atoms with van der Waals surface area (Å²) in [5.41, 5.74) is 5.12. The molecule has 0 unspecified atom stereocenters. The highest BCUT2D eigenvalue weighted by molar-refractivity contribution is 5.73. The molecule has 0 aromatic carbocycles. The second kappa shape index (κ2) is 21.2. The molecule has 0 aliphatic carbocycles. The highest BCUT2D eigenvalue weighted by Gasteiger charge is 1.95. The largest absolute Gasteiger partial charge is 0.396 e. The van der Waals surface area contributed by atoms with Gasteiger partial charge in [0, 0.05) is 13.0 Å². The van der Waals surface area contributed by atoms with Crippen molar-refractivity contribution in [3.63, 3.8) is 0 Å². The molecule has 3 N–H and O–H groups in total. The van der Waals surface area contributed by atoms with E-state index >= 15 is 0 Å². The first-order valence-corrected chi connectivity index (χ1v) is 10.8. The van der Waals surface area contributed by atoms with Gasteiger partial charge in [0.15, 0.2) is 0 Å². The lowest BCUT2D eigenvalue weighted by Gasteiger charge is -2.01. The molecule has 0 heterocycles. The average Bonchev–Trinajstić information content (AvgIpc) is 2.60. The zero-order valence-corrected chi connectivity index (χ0v) is 16.5. The molecule has 0 aliphatic rings. The third-order valence-electron chi connectivity index (χ3n) is 4.74. The van der Waals surface area contributed by atoms with Gasteiger partial charge in [0.25, 0.3) is 0 Å². The summed E-state index contributed by atoms with van der Waals surface area (Å²) >= 11 is 0. The van der Waals surface area contributed by atoms with Crippen molar-refractivity contribution < 1.29 is 9.90 Å². The number of aliphatic hydroxyl groups excluding tert-OH is 1. The number of allylic oxidation sites excluding steroid dienone is 2. The predicted octanol–water partition coefficient (Wildman–Crippen LogP) is 6.04. The van der Waals surface area contributed by atoms with Crippen molar-refractivity contribution in [2.75, 3.05) is 6.61 Å². The van der Waals surface area contributed by atoms with Gasteiger partial charge in [-0.25, -0.2) is 0 Å². The number of hydrogen-bond donors (Lipinski definition) is 2. The predicted molar refractivity (Wildman–Crippen MR) is 109 cm³/mol. The van der Waals surface area contributed by atoms with E-state index in [2.05, 4.69) is 12.2 Å². The summed E-state index contributed by atoms with van der Waals surface area (Å²) in [5, 5.41) is 8.70. The van der Waals surface area contributed by atoms with Gasteiger partial charge in [-0.15, -0.1) is 0 Å². The molecule has 3 heteroatoms. The van der Waals surface area contributed by atoms with Crippen molar-refractivity contribution in [2.24, 2.45) is 5.73 Å². The van der Waals surface area contributed by atoms with E-state index in [-0.39, 0.29) is 5.91 Å². The molecular weight excluding hydrogens is 310 g/mol. The number of hydrogen-bond acceptors (Lipinski definition) is 2. The fraction of sp³-hybridized carbons (Fsp3) is 0.864. The van der Waals surface area contributed by atoms with Crippen molar-refractivity contribution in [2.45, 2.75) is 116 Å². The summed E-state index contributed by atoms with van der Waals surface area (Å²) in [6.07, 6.45) is 26.6. The van der Waals surface area contributed by atoms with E-state index in [4.69, 9.17) is 10.8 Å². The summed E-state index contributed by atoms with van der Waals surface area (Å²) < 4.78 is 0. The van der Waals surface area contributed by atoms with Crippen LogP contribution in [0.4, 0.5) is 0 Å². The van der Waals surface area contributed by atoms with E-state index in [1.165, 1.54) is 89.9 Å². The van der Waals surface area contributed by atoms with Gasteiger partial charge in [0.05, 0.1) is 0 Å². The summed E-state index contributed by atoms with van der Waals surface area (Å²) in [7, 11) is 0. The molecule has 0 fully saturated rings. The van der Waals surface area contributed by atoms with Crippen LogP contribution >= 0.6 is 0 Å². The number of carbonyl (C=O) groups excluding carboxylic acids is 1. The monoisotopic (exact) mass is 353 g/mol. The van der Waals surface area contributed by atoms with Crippen molar-refractivity contribution >= 4 is 5.91 Å². The van der Waals surface area contributed by atoms with Crippen LogP contribution in [0.2, 0.25) is 0 Å². The summed E-state index contributed by atoms with van der Waals surface area (Å²) in [6.45, 7) is 0.348. The van der Waals surface area contributed by atoms with Gasteiger partial charge < -0.3 is 10.8 Å². The van der Waals surface area contributed by atoms with Gasteiger partial charge in [-0.1, -0.05) is 82.8 Å². The van der Waals surface area contributed by atoms with Crippen LogP contribution in [0.25, 0.3) is 0 Å². The summed E-state index contributed by atoms with van der Waals surface area (Å²) in [4.78, 5) is 10.6. The molecule has 3 nitrogen and oxygen atoms in total. The first-order valence-electron chi connectivity index (χ1n) is 10.8. The highest BCUT2D eigenvalue weighted by Crippen LogP contribution is 2.12. The Morgan fingerprint density at radius 3 is 1.36 bits per heavy atom. The minimum absolute atomic E-state index is 0.164. The summed E-state index contributed by atoms with van der Waals surface area (Å²) in [5.74, 6) is -0.164. The van der Waals surface area contributed by atoms with E-state index in [0.717, 1.165) is 19.3 Å². The van der Waals surface area contributed by atoms with E-state index in [9.17, 15) is 4.79 Å². The van der Waals surface area contributed by atoms with Crippen LogP contribution in [0.3, 0.4) is 0 Å². The lowest BCUT2D eigenvalue weighted by Crippen LogP contribution is -2.09. The Morgan fingerprint density at radius 1 is 0.600 bits per heavy atom. The van der Waals surface area contributed by atoms with Crippen LogP contribution in [0.1, 0.15) is 116 Å². The van der Waals surface area contributed by atoms with Crippen molar-refractivity contribution in [3.8, 4) is 0 Å². The molecule has 0 saturated carbocycles. The van der Waals surface area contributed by atoms with E-state index in [1.807, 2.05) is 0 Å². The number of aliphatic hydroxyl groups is 1. The molecule has 0 aliphatic heterocycles. The van der Waals surface area contributed by atoms with Gasteiger partial charge in [-0.3, -0.25) is 4.79 Å². The zero-order chi connectivity index (χ0) is 18.4. The lowest BCUT2D eigenvalue weighted by molar-refractivity contribution is -0.118. The number of carbonyl (C=O) groups is 1. The number of nitrogens with two attached hydrogens (primary N) is 1. The smallest absolute Gasteiger partial charge is 0.217 e. The maximum Gasteiger partial charge on any atom is 0.217 e. The second-order valence-electron chi connectivity index (χ2n) is 7.29. The maximum atomic E-state index is 10.6. The molecule has 0 rings (SSSR count). The SMILES string of the molecule is NC(=O)CCCCCCCCCCCC=CCCCCCCCCO. The van der Waals surface area contributed by atoms with Crippen LogP contribution in [0.15, 0.2) is 12.2 Å². The van der Waals surface area contributed by atoms with Gasteiger partial charge in [0.1, 0.15) is 0 Å². The zero-order valence-electron chi connectivity index (χ0n) is 16.5.